The minimum absolute atomic E-state index is 0.671. The number of hydrogen-bond acceptors (Lipinski definition) is 4. The largest absolute Gasteiger partial charge is 0.309 e. The van der Waals surface area contributed by atoms with E-state index in [1.165, 1.54) is 43.8 Å². The Morgan fingerprint density at radius 3 is 0.818 bits per heavy atom. The normalized spacial score (nSPS) is 12.0. The molecule has 0 saturated heterocycles. The summed E-state index contributed by atoms with van der Waals surface area (Å²) < 4.78 is 4.81. The first-order valence-electron chi connectivity index (χ1n) is 30.1. The van der Waals surface area contributed by atoms with E-state index in [4.69, 9.17) is 19.9 Å². The van der Waals surface area contributed by atoms with Gasteiger partial charge in [0, 0.05) is 66.3 Å². The maximum Gasteiger partial charge on any atom is 0.160 e. The number of aromatic nitrogens is 6. The van der Waals surface area contributed by atoms with E-state index in [0.717, 1.165) is 125 Å². The Morgan fingerprint density at radius 1 is 0.216 bits per heavy atom. The van der Waals surface area contributed by atoms with Crippen LogP contribution in [0.3, 0.4) is 0 Å². The van der Waals surface area contributed by atoms with Crippen LogP contribution in [0.25, 0.3) is 156 Å². The van der Waals surface area contributed by atoms with Crippen LogP contribution in [0.5, 0.6) is 0 Å². The Bertz CT molecular complexity index is 4820. The average molecular weight is 1120 g/mol. The van der Waals surface area contributed by atoms with Crippen molar-refractivity contribution in [2.24, 2.45) is 0 Å². The van der Waals surface area contributed by atoms with E-state index in [1.807, 2.05) is 24.3 Å². The highest BCUT2D eigenvalue weighted by Gasteiger charge is 2.23. The van der Waals surface area contributed by atoms with Crippen LogP contribution >= 0.6 is 0 Å². The molecule has 0 saturated carbocycles. The number of benzene rings is 12. The molecule has 0 radical (unpaired) electrons. The lowest BCUT2D eigenvalue weighted by Gasteiger charge is -2.22. The number of rotatable bonds is 10. The van der Waals surface area contributed by atoms with Crippen molar-refractivity contribution in [3.05, 3.63) is 314 Å². The lowest BCUT2D eigenvalue weighted by molar-refractivity contribution is 0.943. The van der Waals surface area contributed by atoms with Gasteiger partial charge in [-0.1, -0.05) is 231 Å². The molecule has 6 heteroatoms. The molecule has 4 heterocycles. The van der Waals surface area contributed by atoms with Gasteiger partial charge in [0.05, 0.1) is 44.8 Å². The number of hydrogen-bond donors (Lipinski definition) is 0. The molecule has 0 bridgehead atoms. The van der Waals surface area contributed by atoms with Gasteiger partial charge in [-0.2, -0.15) is 0 Å². The molecule has 412 valence electrons. The molecule has 0 fully saturated rings. The van der Waals surface area contributed by atoms with Gasteiger partial charge in [0.15, 0.2) is 11.6 Å². The van der Waals surface area contributed by atoms with E-state index in [2.05, 4.69) is 288 Å². The van der Waals surface area contributed by atoms with Gasteiger partial charge in [-0.3, -0.25) is 0 Å². The smallest absolute Gasteiger partial charge is 0.160 e. The maximum atomic E-state index is 5.37. The van der Waals surface area contributed by atoms with Crippen LogP contribution in [0.4, 0.5) is 0 Å². The van der Waals surface area contributed by atoms with Crippen LogP contribution in [0.1, 0.15) is 11.1 Å². The predicted molar refractivity (Wildman–Crippen MR) is 363 cm³/mol. The highest BCUT2D eigenvalue weighted by molar-refractivity contribution is 6.10. The van der Waals surface area contributed by atoms with Crippen molar-refractivity contribution in [1.82, 2.24) is 29.1 Å². The first-order valence-corrected chi connectivity index (χ1v) is 30.1. The van der Waals surface area contributed by atoms with E-state index >= 15 is 0 Å². The molecular formula is C82H54N6. The van der Waals surface area contributed by atoms with Crippen LogP contribution in [0.15, 0.2) is 303 Å². The first kappa shape index (κ1) is 50.9. The molecule has 0 N–H and O–H groups in total. The fourth-order valence-electron chi connectivity index (χ4n) is 13.4. The third-order valence-corrected chi connectivity index (χ3v) is 17.6. The molecule has 6 nitrogen and oxygen atoms in total. The molecule has 0 atom stereocenters. The maximum absolute atomic E-state index is 5.37. The highest BCUT2D eigenvalue weighted by atomic mass is 15.0. The topological polar surface area (TPSA) is 61.4 Å². The summed E-state index contributed by atoms with van der Waals surface area (Å²) in [5.41, 5.74) is 25.9. The van der Waals surface area contributed by atoms with Gasteiger partial charge in [-0.15, -0.1) is 0 Å². The van der Waals surface area contributed by atoms with Crippen molar-refractivity contribution < 1.29 is 0 Å². The number of nitrogens with zero attached hydrogens (tertiary/aromatic N) is 6. The molecule has 0 spiro atoms. The van der Waals surface area contributed by atoms with E-state index < -0.39 is 0 Å². The second-order valence-corrected chi connectivity index (χ2v) is 22.9. The standard InChI is InChI=1S/C82H54N6/c1-5-21-53(22-6-1)73-51-74(54-23-7-2-8-24-54)84-81(83-73)63-45-61(47-65(49-63)87-77-33-17-13-29-69(77)70-30-14-18-34-78(70)87)57-39-41-67-59(43-57)37-38-60-44-58(40-42-68(60)67)62-46-64(50-66(48-62)88-79-35-19-15-31-71(79)72-32-16-20-36-80(72)88)82-85-75(55-25-9-3-10-26-55)52-76(86-82)56-27-11-4-12-28-56/h1-36,39-52H,37-38H2. The fraction of sp³-hybridized carbons (Fsp3) is 0.0244. The summed E-state index contributed by atoms with van der Waals surface area (Å²) in [5.74, 6) is 1.34. The Balaban J connectivity index is 0.803. The molecule has 1 aliphatic carbocycles. The number of fused-ring (bicyclic) bond motifs is 9. The molecule has 4 aromatic heterocycles. The summed E-state index contributed by atoms with van der Waals surface area (Å²) in [5, 5.41) is 4.85. The quantitative estimate of drug-likeness (QED) is 0.137. The summed E-state index contributed by atoms with van der Waals surface area (Å²) in [7, 11) is 0. The van der Waals surface area contributed by atoms with Gasteiger partial charge in [0.2, 0.25) is 0 Å². The molecular weight excluding hydrogens is 1070 g/mol. The molecule has 16 aromatic rings. The highest BCUT2D eigenvalue weighted by Crippen LogP contribution is 2.43. The van der Waals surface area contributed by atoms with Crippen LogP contribution in [-0.2, 0) is 12.8 Å². The van der Waals surface area contributed by atoms with Crippen molar-refractivity contribution in [1.29, 1.82) is 0 Å². The molecule has 88 heavy (non-hydrogen) atoms. The SMILES string of the molecule is c1ccc(-c2cc(-c3ccccc3)nc(-c3cc(-c4ccc5c(c4)CCc4cc(-c6cc(-c7nc(-c8ccccc8)cc(-c8ccccc8)n7)cc(-n7c8ccccc8c8ccccc87)c6)ccc4-5)cc(-n4c5ccccc5c5ccccc54)c3)n2)cc1. The van der Waals surface area contributed by atoms with E-state index in [0.29, 0.717) is 11.6 Å². The van der Waals surface area contributed by atoms with Gasteiger partial charge < -0.3 is 9.13 Å². The zero-order valence-corrected chi connectivity index (χ0v) is 48.0. The Morgan fingerprint density at radius 2 is 0.500 bits per heavy atom. The van der Waals surface area contributed by atoms with Crippen LogP contribution < -0.4 is 0 Å². The molecule has 0 amide bonds. The zero-order chi connectivity index (χ0) is 58.1. The minimum Gasteiger partial charge on any atom is -0.309 e. The lowest BCUT2D eigenvalue weighted by Crippen LogP contribution is -2.05. The lowest BCUT2D eigenvalue weighted by atomic mass is 9.82. The third kappa shape index (κ3) is 8.97. The van der Waals surface area contributed by atoms with Gasteiger partial charge >= 0.3 is 0 Å². The molecule has 12 aromatic carbocycles. The van der Waals surface area contributed by atoms with E-state index in [-0.39, 0.29) is 0 Å². The first-order chi connectivity index (χ1) is 43.6. The Hall–Kier alpha value is -11.6. The van der Waals surface area contributed by atoms with Crippen molar-refractivity contribution >= 4 is 43.6 Å². The predicted octanol–water partition coefficient (Wildman–Crippen LogP) is 20.6. The second-order valence-electron chi connectivity index (χ2n) is 22.9. The van der Waals surface area contributed by atoms with Gasteiger partial charge in [0.1, 0.15) is 0 Å². The van der Waals surface area contributed by atoms with Gasteiger partial charge in [0.25, 0.3) is 0 Å². The van der Waals surface area contributed by atoms with E-state index in [1.54, 1.807) is 0 Å². The monoisotopic (exact) mass is 1120 g/mol. The van der Waals surface area contributed by atoms with Crippen molar-refractivity contribution in [3.8, 4) is 113 Å². The second kappa shape index (κ2) is 21.2. The summed E-state index contributed by atoms with van der Waals surface area (Å²) in [6.45, 7) is 0. The van der Waals surface area contributed by atoms with Crippen LogP contribution in [0, 0.1) is 0 Å². The molecule has 0 unspecified atom stereocenters. The molecule has 17 rings (SSSR count). The van der Waals surface area contributed by atoms with Gasteiger partial charge in [-0.05, 0) is 130 Å². The average Bonchev–Trinajstić information content (AvgIpc) is 3.46. The third-order valence-electron chi connectivity index (χ3n) is 17.6. The fourth-order valence-corrected chi connectivity index (χ4v) is 13.4. The zero-order valence-electron chi connectivity index (χ0n) is 48.0. The van der Waals surface area contributed by atoms with Crippen molar-refractivity contribution in [3.63, 3.8) is 0 Å². The molecule has 1 aliphatic rings. The van der Waals surface area contributed by atoms with Crippen molar-refractivity contribution in [2.45, 2.75) is 12.8 Å². The summed E-state index contributed by atoms with van der Waals surface area (Å²) in [4.78, 5) is 21.5. The summed E-state index contributed by atoms with van der Waals surface area (Å²) in [6, 6.07) is 109. The number of aryl methyl sites for hydroxylation is 2. The number of para-hydroxylation sites is 4. The summed E-state index contributed by atoms with van der Waals surface area (Å²) in [6.07, 6.45) is 1.80. The van der Waals surface area contributed by atoms with Crippen LogP contribution in [0.2, 0.25) is 0 Å². The molecule has 0 aliphatic heterocycles. The summed E-state index contributed by atoms with van der Waals surface area (Å²) >= 11 is 0. The van der Waals surface area contributed by atoms with Crippen LogP contribution in [-0.4, -0.2) is 29.1 Å². The van der Waals surface area contributed by atoms with Gasteiger partial charge in [-0.25, -0.2) is 19.9 Å². The minimum atomic E-state index is 0.671. The Labute approximate surface area is 509 Å². The van der Waals surface area contributed by atoms with E-state index in [9.17, 15) is 0 Å². The van der Waals surface area contributed by atoms with Crippen molar-refractivity contribution in [2.75, 3.05) is 0 Å². The Kier molecular flexibility index (Phi) is 12.2.